The number of nitrogens with zero attached hydrogens (tertiary/aromatic N) is 2. The zero-order valence-corrected chi connectivity index (χ0v) is 19.7. The number of anilines is 1. The molecule has 1 aromatic heterocycles. The predicted molar refractivity (Wildman–Crippen MR) is 126 cm³/mol. The first-order valence-corrected chi connectivity index (χ1v) is 13.8. The molecule has 0 N–H and O–H groups in total. The SMILES string of the molecule is CS(=O)(=O)c1ccc2nc(N(CC3CCCO3)C(=O)c3ccc4c(c3)CCCC4)sc2c1. The van der Waals surface area contributed by atoms with Crippen LogP contribution >= 0.6 is 11.3 Å². The van der Waals surface area contributed by atoms with E-state index in [1.165, 1.54) is 35.1 Å². The largest absolute Gasteiger partial charge is 0.376 e. The van der Waals surface area contributed by atoms with Crippen molar-refractivity contribution in [2.75, 3.05) is 24.3 Å². The zero-order valence-electron chi connectivity index (χ0n) is 18.0. The summed E-state index contributed by atoms with van der Waals surface area (Å²) < 4.78 is 30.5. The number of ether oxygens (including phenoxy) is 1. The Morgan fingerprint density at radius 1 is 1.12 bits per heavy atom. The number of aromatic nitrogens is 1. The van der Waals surface area contributed by atoms with E-state index in [4.69, 9.17) is 4.74 Å². The molecule has 8 heteroatoms. The Morgan fingerprint density at radius 2 is 1.94 bits per heavy atom. The first kappa shape index (κ1) is 21.6. The second-order valence-corrected chi connectivity index (χ2v) is 11.7. The van der Waals surface area contributed by atoms with Crippen LogP contribution in [0.2, 0.25) is 0 Å². The molecule has 0 radical (unpaired) electrons. The Labute approximate surface area is 192 Å². The Balaban J connectivity index is 1.52. The van der Waals surface area contributed by atoms with Crippen molar-refractivity contribution >= 4 is 42.4 Å². The smallest absolute Gasteiger partial charge is 0.260 e. The van der Waals surface area contributed by atoms with Gasteiger partial charge in [0.1, 0.15) is 0 Å². The number of fused-ring (bicyclic) bond motifs is 2. The molecule has 168 valence electrons. The van der Waals surface area contributed by atoms with Gasteiger partial charge in [0.2, 0.25) is 0 Å². The van der Waals surface area contributed by atoms with Gasteiger partial charge in [-0.05, 0) is 80.0 Å². The van der Waals surface area contributed by atoms with Gasteiger partial charge in [0.15, 0.2) is 15.0 Å². The molecule has 1 atom stereocenters. The minimum absolute atomic E-state index is 0.0184. The number of benzene rings is 2. The Bertz CT molecular complexity index is 1280. The van der Waals surface area contributed by atoms with Gasteiger partial charge in [-0.1, -0.05) is 17.4 Å². The third-order valence-electron chi connectivity index (χ3n) is 6.26. The normalized spacial score (nSPS) is 18.6. The second kappa shape index (κ2) is 8.57. The Kier molecular flexibility index (Phi) is 5.77. The Morgan fingerprint density at radius 3 is 2.69 bits per heavy atom. The van der Waals surface area contributed by atoms with Gasteiger partial charge in [-0.15, -0.1) is 0 Å². The van der Waals surface area contributed by atoms with E-state index < -0.39 is 9.84 Å². The van der Waals surface area contributed by atoms with E-state index >= 15 is 0 Å². The lowest BCUT2D eigenvalue weighted by Crippen LogP contribution is -2.37. The standard InChI is InChI=1S/C24H26N2O4S2/c1-32(28,29)20-10-11-21-22(14-20)31-24(25-21)26(15-19-7-4-12-30-19)23(27)18-9-8-16-5-2-3-6-17(16)13-18/h8-11,13-14,19H,2-7,12,15H2,1H3. The number of sulfone groups is 1. The van der Waals surface area contributed by atoms with Crippen LogP contribution in [0.3, 0.4) is 0 Å². The molecule has 6 nitrogen and oxygen atoms in total. The summed E-state index contributed by atoms with van der Waals surface area (Å²) in [6.07, 6.45) is 7.52. The molecule has 1 aliphatic carbocycles. The highest BCUT2D eigenvalue weighted by Gasteiger charge is 2.28. The minimum atomic E-state index is -3.31. The average Bonchev–Trinajstić information content (AvgIpc) is 3.45. The second-order valence-electron chi connectivity index (χ2n) is 8.64. The van der Waals surface area contributed by atoms with Gasteiger partial charge >= 0.3 is 0 Å². The highest BCUT2D eigenvalue weighted by molar-refractivity contribution is 7.90. The van der Waals surface area contributed by atoms with Crippen molar-refractivity contribution in [3.8, 4) is 0 Å². The van der Waals surface area contributed by atoms with Crippen LogP contribution in [0.5, 0.6) is 0 Å². The molecule has 1 aliphatic heterocycles. The third kappa shape index (κ3) is 4.31. The highest BCUT2D eigenvalue weighted by atomic mass is 32.2. The average molecular weight is 471 g/mol. The van der Waals surface area contributed by atoms with Gasteiger partial charge in [-0.2, -0.15) is 0 Å². The number of thiazole rings is 1. The van der Waals surface area contributed by atoms with Gasteiger partial charge in [0.05, 0.1) is 27.8 Å². The lowest BCUT2D eigenvalue weighted by Gasteiger charge is -2.24. The van der Waals surface area contributed by atoms with E-state index in [1.54, 1.807) is 23.1 Å². The molecule has 0 bridgehead atoms. The molecule has 2 aromatic carbocycles. The maximum atomic E-state index is 13.7. The molecular formula is C24H26N2O4S2. The van der Waals surface area contributed by atoms with E-state index in [2.05, 4.69) is 11.1 Å². The van der Waals surface area contributed by atoms with Crippen molar-refractivity contribution < 1.29 is 17.9 Å². The van der Waals surface area contributed by atoms with Crippen molar-refractivity contribution in [2.24, 2.45) is 0 Å². The number of hydrogen-bond donors (Lipinski definition) is 0. The fraction of sp³-hybridized carbons (Fsp3) is 0.417. The van der Waals surface area contributed by atoms with Crippen molar-refractivity contribution in [3.63, 3.8) is 0 Å². The van der Waals surface area contributed by atoms with Crippen LogP contribution in [0.25, 0.3) is 10.2 Å². The summed E-state index contributed by atoms with van der Waals surface area (Å²) in [5, 5.41) is 0.573. The number of carbonyl (C=O) groups excluding carboxylic acids is 1. The summed E-state index contributed by atoms with van der Waals surface area (Å²) in [4.78, 5) is 20.3. The molecule has 0 spiro atoms. The minimum Gasteiger partial charge on any atom is -0.376 e. The summed E-state index contributed by atoms with van der Waals surface area (Å²) in [6, 6.07) is 11.0. The van der Waals surface area contributed by atoms with Crippen LogP contribution in [-0.4, -0.2) is 44.8 Å². The molecule has 1 amide bonds. The third-order valence-corrected chi connectivity index (χ3v) is 8.41. The molecule has 2 aliphatic rings. The van der Waals surface area contributed by atoms with Crippen LogP contribution in [0, 0.1) is 0 Å². The fourth-order valence-electron chi connectivity index (χ4n) is 4.50. The summed E-state index contributed by atoms with van der Waals surface area (Å²) in [5.41, 5.74) is 3.96. The van der Waals surface area contributed by atoms with E-state index in [-0.39, 0.29) is 16.9 Å². The maximum Gasteiger partial charge on any atom is 0.260 e. The first-order valence-electron chi connectivity index (χ1n) is 11.0. The van der Waals surface area contributed by atoms with Crippen molar-refractivity contribution in [1.29, 1.82) is 0 Å². The van der Waals surface area contributed by atoms with Crippen molar-refractivity contribution in [2.45, 2.75) is 49.5 Å². The number of amides is 1. The van der Waals surface area contributed by atoms with Crippen LogP contribution < -0.4 is 4.90 Å². The molecule has 1 unspecified atom stereocenters. The van der Waals surface area contributed by atoms with Crippen LogP contribution in [0.15, 0.2) is 41.3 Å². The first-order chi connectivity index (χ1) is 15.4. The van der Waals surface area contributed by atoms with Gasteiger partial charge < -0.3 is 4.74 Å². The quantitative estimate of drug-likeness (QED) is 0.552. The fourth-order valence-corrected chi connectivity index (χ4v) is 6.24. The lowest BCUT2D eigenvalue weighted by molar-refractivity contribution is 0.0917. The van der Waals surface area contributed by atoms with Gasteiger partial charge in [0, 0.05) is 18.4 Å². The molecule has 1 fully saturated rings. The van der Waals surface area contributed by atoms with Crippen molar-refractivity contribution in [3.05, 3.63) is 53.1 Å². The molecule has 1 saturated heterocycles. The number of carbonyl (C=O) groups is 1. The van der Waals surface area contributed by atoms with Crippen molar-refractivity contribution in [1.82, 2.24) is 4.98 Å². The molecule has 32 heavy (non-hydrogen) atoms. The summed E-state index contributed by atoms with van der Waals surface area (Å²) >= 11 is 1.34. The van der Waals surface area contributed by atoms with Gasteiger partial charge in [-0.25, -0.2) is 13.4 Å². The zero-order chi connectivity index (χ0) is 22.3. The summed E-state index contributed by atoms with van der Waals surface area (Å²) in [6.45, 7) is 1.15. The lowest BCUT2D eigenvalue weighted by atomic mass is 9.90. The van der Waals surface area contributed by atoms with E-state index in [0.29, 0.717) is 29.4 Å². The number of rotatable bonds is 5. The van der Waals surface area contributed by atoms with Gasteiger partial charge in [-0.3, -0.25) is 9.69 Å². The summed E-state index contributed by atoms with van der Waals surface area (Å²) in [7, 11) is -3.31. The maximum absolute atomic E-state index is 13.7. The molecular weight excluding hydrogens is 444 g/mol. The van der Waals surface area contributed by atoms with E-state index in [0.717, 1.165) is 36.8 Å². The van der Waals surface area contributed by atoms with Crippen LogP contribution in [-0.2, 0) is 27.4 Å². The topological polar surface area (TPSA) is 76.6 Å². The predicted octanol–water partition coefficient (Wildman–Crippen LogP) is 4.40. The molecule has 0 saturated carbocycles. The van der Waals surface area contributed by atoms with Gasteiger partial charge in [0.25, 0.3) is 5.91 Å². The molecule has 3 aromatic rings. The molecule has 5 rings (SSSR count). The summed E-state index contributed by atoms with van der Waals surface area (Å²) in [5.74, 6) is -0.0868. The van der Waals surface area contributed by atoms with Crippen LogP contribution in [0.4, 0.5) is 5.13 Å². The highest BCUT2D eigenvalue weighted by Crippen LogP contribution is 2.33. The Hall–Kier alpha value is -2.29. The monoisotopic (exact) mass is 470 g/mol. The van der Waals surface area contributed by atoms with E-state index in [1.807, 2.05) is 12.1 Å². The number of aryl methyl sites for hydroxylation is 2. The number of hydrogen-bond acceptors (Lipinski definition) is 6. The van der Waals surface area contributed by atoms with E-state index in [9.17, 15) is 13.2 Å². The van der Waals surface area contributed by atoms with Crippen LogP contribution in [0.1, 0.15) is 47.2 Å². The molecule has 2 heterocycles.